The van der Waals surface area contributed by atoms with Crippen LogP contribution in [0, 0.1) is 13.8 Å². The van der Waals surface area contributed by atoms with Crippen LogP contribution in [0.15, 0.2) is 30.7 Å². The molecule has 0 saturated heterocycles. The van der Waals surface area contributed by atoms with Crippen molar-refractivity contribution in [1.29, 1.82) is 0 Å². The maximum Gasteiger partial charge on any atom is 0.323 e. The maximum absolute atomic E-state index is 11.3. The maximum atomic E-state index is 11.3. The first-order valence-corrected chi connectivity index (χ1v) is 6.76. The number of benzene rings is 1. The van der Waals surface area contributed by atoms with Crippen molar-refractivity contribution in [3.05, 3.63) is 41.9 Å². The van der Waals surface area contributed by atoms with Crippen LogP contribution in [0.2, 0.25) is 0 Å². The SMILES string of the molecule is Cc1cc(C)cc(N(CC(=O)O)c2ncnc3[nH]ncc23)c1. The van der Waals surface area contributed by atoms with Gasteiger partial charge >= 0.3 is 5.97 Å². The topological polar surface area (TPSA) is 95.0 Å². The summed E-state index contributed by atoms with van der Waals surface area (Å²) in [4.78, 5) is 21.3. The minimum absolute atomic E-state index is 0.194. The number of aliphatic carboxylic acids is 1. The van der Waals surface area contributed by atoms with Crippen molar-refractivity contribution in [1.82, 2.24) is 20.2 Å². The molecule has 0 saturated carbocycles. The van der Waals surface area contributed by atoms with Crippen LogP contribution < -0.4 is 4.90 Å². The number of carboxylic acids is 1. The van der Waals surface area contributed by atoms with E-state index >= 15 is 0 Å². The van der Waals surface area contributed by atoms with Gasteiger partial charge in [-0.05, 0) is 37.1 Å². The van der Waals surface area contributed by atoms with E-state index in [4.69, 9.17) is 0 Å². The molecule has 0 radical (unpaired) electrons. The number of aromatic amines is 1. The van der Waals surface area contributed by atoms with Crippen molar-refractivity contribution in [2.75, 3.05) is 11.4 Å². The molecule has 0 aliphatic heterocycles. The fourth-order valence-corrected chi connectivity index (χ4v) is 2.50. The quantitative estimate of drug-likeness (QED) is 0.766. The predicted octanol–water partition coefficient (Wildman–Crippen LogP) is 2.19. The predicted molar refractivity (Wildman–Crippen MR) is 82.2 cm³/mol. The highest BCUT2D eigenvalue weighted by Crippen LogP contribution is 2.29. The number of anilines is 2. The number of fused-ring (bicyclic) bond motifs is 1. The van der Waals surface area contributed by atoms with Crippen molar-refractivity contribution in [2.45, 2.75) is 13.8 Å². The number of nitrogens with one attached hydrogen (secondary N) is 1. The standard InChI is InChI=1S/C15H15N5O2/c1-9-3-10(2)5-11(4-9)20(7-13(21)22)15-12-6-18-19-14(12)16-8-17-15/h3-6,8H,7H2,1-2H3,(H,21,22)(H,16,17,18,19). The highest BCUT2D eigenvalue weighted by molar-refractivity contribution is 5.91. The van der Waals surface area contributed by atoms with E-state index in [0.717, 1.165) is 16.8 Å². The zero-order valence-electron chi connectivity index (χ0n) is 12.2. The molecule has 3 rings (SSSR count). The van der Waals surface area contributed by atoms with Gasteiger partial charge in [0, 0.05) is 5.69 Å². The number of nitrogens with zero attached hydrogens (tertiary/aromatic N) is 4. The van der Waals surface area contributed by atoms with E-state index in [0.29, 0.717) is 16.9 Å². The Bertz CT molecular complexity index is 823. The van der Waals surface area contributed by atoms with Crippen LogP contribution in [-0.4, -0.2) is 37.8 Å². The summed E-state index contributed by atoms with van der Waals surface area (Å²) in [5.74, 6) is -0.416. The first kappa shape index (κ1) is 14.0. The van der Waals surface area contributed by atoms with Gasteiger partial charge in [-0.3, -0.25) is 9.89 Å². The summed E-state index contributed by atoms with van der Waals surface area (Å²) in [6.07, 6.45) is 3.00. The molecule has 0 aliphatic carbocycles. The molecule has 0 atom stereocenters. The molecule has 112 valence electrons. The van der Waals surface area contributed by atoms with Gasteiger partial charge in [0.05, 0.1) is 11.6 Å². The Labute approximate surface area is 126 Å². The molecule has 2 N–H and O–H groups in total. The number of hydrogen-bond acceptors (Lipinski definition) is 5. The van der Waals surface area contributed by atoms with E-state index in [2.05, 4.69) is 20.2 Å². The Balaban J connectivity index is 2.18. The number of hydrogen-bond donors (Lipinski definition) is 2. The van der Waals surface area contributed by atoms with Gasteiger partial charge in [0.2, 0.25) is 0 Å². The molecule has 2 aromatic heterocycles. The average Bonchev–Trinajstić information content (AvgIpc) is 2.92. The fourth-order valence-electron chi connectivity index (χ4n) is 2.50. The fraction of sp³-hybridized carbons (Fsp3) is 0.200. The average molecular weight is 297 g/mol. The zero-order chi connectivity index (χ0) is 15.7. The second-order valence-corrected chi connectivity index (χ2v) is 5.16. The minimum Gasteiger partial charge on any atom is -0.480 e. The largest absolute Gasteiger partial charge is 0.480 e. The first-order valence-electron chi connectivity index (χ1n) is 6.76. The third kappa shape index (κ3) is 2.60. The Kier molecular flexibility index (Phi) is 3.46. The van der Waals surface area contributed by atoms with Crippen LogP contribution in [0.4, 0.5) is 11.5 Å². The highest BCUT2D eigenvalue weighted by atomic mass is 16.4. The summed E-state index contributed by atoms with van der Waals surface area (Å²) in [6.45, 7) is 3.76. The lowest BCUT2D eigenvalue weighted by Gasteiger charge is -2.23. The van der Waals surface area contributed by atoms with E-state index in [1.54, 1.807) is 11.1 Å². The van der Waals surface area contributed by atoms with Gasteiger partial charge in [-0.15, -0.1) is 0 Å². The van der Waals surface area contributed by atoms with Gasteiger partial charge in [0.25, 0.3) is 0 Å². The second kappa shape index (κ2) is 5.44. The minimum atomic E-state index is -0.936. The van der Waals surface area contributed by atoms with E-state index in [9.17, 15) is 9.90 Å². The van der Waals surface area contributed by atoms with Crippen LogP contribution in [0.3, 0.4) is 0 Å². The normalized spacial score (nSPS) is 10.8. The van der Waals surface area contributed by atoms with Crippen molar-refractivity contribution in [3.63, 3.8) is 0 Å². The van der Waals surface area contributed by atoms with Crippen LogP contribution >= 0.6 is 0 Å². The van der Waals surface area contributed by atoms with Crippen LogP contribution in [0.25, 0.3) is 11.0 Å². The van der Waals surface area contributed by atoms with Crippen molar-refractivity contribution in [3.8, 4) is 0 Å². The first-order chi connectivity index (χ1) is 10.5. The molecule has 0 unspecified atom stereocenters. The Morgan fingerprint density at radius 2 is 1.95 bits per heavy atom. The van der Waals surface area contributed by atoms with Crippen molar-refractivity contribution in [2.24, 2.45) is 0 Å². The molecule has 0 spiro atoms. The van der Waals surface area contributed by atoms with Crippen molar-refractivity contribution < 1.29 is 9.90 Å². The molecular weight excluding hydrogens is 282 g/mol. The molecular formula is C15H15N5O2. The van der Waals surface area contributed by atoms with Crippen molar-refractivity contribution >= 4 is 28.5 Å². The number of rotatable bonds is 4. The van der Waals surface area contributed by atoms with Crippen LogP contribution in [0.5, 0.6) is 0 Å². The van der Waals surface area contributed by atoms with Gasteiger partial charge in [0.15, 0.2) is 5.65 Å². The number of carboxylic acid groups (broad SMARTS) is 1. The Hall–Kier alpha value is -2.96. The van der Waals surface area contributed by atoms with E-state index in [-0.39, 0.29) is 6.54 Å². The number of aromatic nitrogens is 4. The summed E-state index contributed by atoms with van der Waals surface area (Å²) in [5.41, 5.74) is 3.47. The van der Waals surface area contributed by atoms with Gasteiger partial charge in [-0.2, -0.15) is 5.10 Å². The van der Waals surface area contributed by atoms with Gasteiger partial charge in [-0.25, -0.2) is 9.97 Å². The lowest BCUT2D eigenvalue weighted by Crippen LogP contribution is -2.26. The molecule has 22 heavy (non-hydrogen) atoms. The summed E-state index contributed by atoms with van der Waals surface area (Å²) in [6, 6.07) is 5.91. The molecule has 0 amide bonds. The monoisotopic (exact) mass is 297 g/mol. The second-order valence-electron chi connectivity index (χ2n) is 5.16. The van der Waals surface area contributed by atoms with E-state index < -0.39 is 5.97 Å². The van der Waals surface area contributed by atoms with E-state index in [1.165, 1.54) is 6.33 Å². The zero-order valence-corrected chi connectivity index (χ0v) is 12.2. The molecule has 7 nitrogen and oxygen atoms in total. The number of aryl methyl sites for hydroxylation is 2. The van der Waals surface area contributed by atoms with Crippen LogP contribution in [-0.2, 0) is 4.79 Å². The smallest absolute Gasteiger partial charge is 0.323 e. The summed E-state index contributed by atoms with van der Waals surface area (Å²) in [7, 11) is 0. The molecule has 0 aliphatic rings. The van der Waals surface area contributed by atoms with Gasteiger partial charge in [-0.1, -0.05) is 6.07 Å². The molecule has 7 heteroatoms. The lowest BCUT2D eigenvalue weighted by atomic mass is 10.1. The Morgan fingerprint density at radius 3 is 2.64 bits per heavy atom. The van der Waals surface area contributed by atoms with Gasteiger partial charge < -0.3 is 10.0 Å². The summed E-state index contributed by atoms with van der Waals surface area (Å²) in [5, 5.41) is 16.7. The summed E-state index contributed by atoms with van der Waals surface area (Å²) < 4.78 is 0. The third-order valence-electron chi connectivity index (χ3n) is 3.29. The molecule has 3 aromatic rings. The molecule has 0 fully saturated rings. The number of carbonyl (C=O) groups is 1. The number of H-pyrrole nitrogens is 1. The third-order valence-corrected chi connectivity index (χ3v) is 3.29. The van der Waals surface area contributed by atoms with Gasteiger partial charge in [0.1, 0.15) is 18.7 Å². The highest BCUT2D eigenvalue weighted by Gasteiger charge is 2.18. The summed E-state index contributed by atoms with van der Waals surface area (Å²) >= 11 is 0. The molecule has 1 aromatic carbocycles. The molecule has 2 heterocycles. The van der Waals surface area contributed by atoms with Crippen LogP contribution in [0.1, 0.15) is 11.1 Å². The van der Waals surface area contributed by atoms with E-state index in [1.807, 2.05) is 32.0 Å². The Morgan fingerprint density at radius 1 is 1.23 bits per heavy atom. The lowest BCUT2D eigenvalue weighted by molar-refractivity contribution is -0.135. The molecule has 0 bridgehead atoms.